The molecule has 0 bridgehead atoms. The molecule has 0 saturated carbocycles. The van der Waals surface area contributed by atoms with E-state index in [0.717, 1.165) is 10.0 Å². The van der Waals surface area contributed by atoms with Gasteiger partial charge in [0.2, 0.25) is 0 Å². The van der Waals surface area contributed by atoms with Crippen LogP contribution in [0.1, 0.15) is 18.5 Å². The minimum atomic E-state index is -0.0176. The van der Waals surface area contributed by atoms with Crippen LogP contribution in [0.2, 0.25) is 5.02 Å². The zero-order valence-electron chi connectivity index (χ0n) is 9.00. The van der Waals surface area contributed by atoms with E-state index in [2.05, 4.69) is 27.2 Å². The predicted molar refractivity (Wildman–Crippen MR) is 72.4 cm³/mol. The molecule has 0 spiro atoms. The van der Waals surface area contributed by atoms with E-state index < -0.39 is 0 Å². The normalized spacial score (nSPS) is 14.2. The predicted octanol–water partition coefficient (Wildman–Crippen LogP) is 2.71. The van der Waals surface area contributed by atoms with Crippen molar-refractivity contribution in [3.63, 3.8) is 0 Å². The SMILES string of the molecule is C#CC(C)NC(CN)c1ccc(Br)c(Cl)c1. The van der Waals surface area contributed by atoms with E-state index in [0.29, 0.717) is 11.6 Å². The number of nitrogens with one attached hydrogen (secondary N) is 1. The van der Waals surface area contributed by atoms with Gasteiger partial charge in [-0.05, 0) is 40.5 Å². The average Bonchev–Trinajstić information content (AvgIpc) is 2.29. The second kappa shape index (κ2) is 6.27. The van der Waals surface area contributed by atoms with Gasteiger partial charge in [-0.2, -0.15) is 0 Å². The summed E-state index contributed by atoms with van der Waals surface area (Å²) >= 11 is 9.38. The van der Waals surface area contributed by atoms with Crippen molar-refractivity contribution in [1.29, 1.82) is 0 Å². The second-order valence-electron chi connectivity index (χ2n) is 3.52. The van der Waals surface area contributed by atoms with Crippen molar-refractivity contribution in [3.8, 4) is 12.3 Å². The number of rotatable bonds is 4. The lowest BCUT2D eigenvalue weighted by Crippen LogP contribution is -2.34. The van der Waals surface area contributed by atoms with Crippen molar-refractivity contribution < 1.29 is 0 Å². The summed E-state index contributed by atoms with van der Waals surface area (Å²) in [5, 5.41) is 3.92. The molecule has 0 radical (unpaired) electrons. The van der Waals surface area contributed by atoms with E-state index >= 15 is 0 Å². The van der Waals surface area contributed by atoms with Crippen LogP contribution in [-0.4, -0.2) is 12.6 Å². The maximum atomic E-state index is 6.03. The van der Waals surface area contributed by atoms with E-state index in [1.807, 2.05) is 25.1 Å². The van der Waals surface area contributed by atoms with Crippen LogP contribution in [0.25, 0.3) is 0 Å². The van der Waals surface area contributed by atoms with Crippen molar-refractivity contribution in [2.75, 3.05) is 6.54 Å². The van der Waals surface area contributed by atoms with Crippen LogP contribution < -0.4 is 11.1 Å². The number of halogens is 2. The van der Waals surface area contributed by atoms with Gasteiger partial charge in [-0.1, -0.05) is 23.6 Å². The van der Waals surface area contributed by atoms with E-state index in [4.69, 9.17) is 23.8 Å². The van der Waals surface area contributed by atoms with Gasteiger partial charge < -0.3 is 5.73 Å². The van der Waals surface area contributed by atoms with Crippen LogP contribution in [0.4, 0.5) is 0 Å². The van der Waals surface area contributed by atoms with Gasteiger partial charge in [-0.25, -0.2) is 0 Å². The van der Waals surface area contributed by atoms with E-state index in [1.165, 1.54) is 0 Å². The van der Waals surface area contributed by atoms with Crippen LogP contribution in [0.15, 0.2) is 22.7 Å². The average molecular weight is 302 g/mol. The molecule has 86 valence electrons. The molecule has 0 fully saturated rings. The smallest absolute Gasteiger partial charge is 0.0663 e. The van der Waals surface area contributed by atoms with Crippen LogP contribution >= 0.6 is 27.5 Å². The summed E-state index contributed by atoms with van der Waals surface area (Å²) in [5.41, 5.74) is 6.75. The Balaban J connectivity index is 2.87. The molecule has 0 amide bonds. The molecule has 0 aliphatic carbocycles. The Bertz CT molecular complexity index is 400. The molecule has 0 aromatic heterocycles. The molecular formula is C12H14BrClN2. The molecule has 1 rings (SSSR count). The molecular weight excluding hydrogens is 288 g/mol. The number of nitrogens with two attached hydrogens (primary N) is 1. The van der Waals surface area contributed by atoms with Gasteiger partial charge in [0.1, 0.15) is 0 Å². The van der Waals surface area contributed by atoms with E-state index in [9.17, 15) is 0 Å². The highest BCUT2D eigenvalue weighted by atomic mass is 79.9. The first-order valence-corrected chi connectivity index (χ1v) is 6.12. The molecule has 0 heterocycles. The summed E-state index contributed by atoms with van der Waals surface area (Å²) in [6.07, 6.45) is 5.32. The van der Waals surface area contributed by atoms with Crippen LogP contribution in [0.3, 0.4) is 0 Å². The molecule has 1 aromatic rings. The van der Waals surface area contributed by atoms with Crippen molar-refractivity contribution in [2.24, 2.45) is 5.73 Å². The number of benzene rings is 1. The first kappa shape index (κ1) is 13.5. The molecule has 2 atom stereocenters. The molecule has 0 saturated heterocycles. The Labute approximate surface area is 110 Å². The van der Waals surface area contributed by atoms with Gasteiger partial charge >= 0.3 is 0 Å². The molecule has 0 aliphatic rings. The van der Waals surface area contributed by atoms with Crippen LogP contribution in [0.5, 0.6) is 0 Å². The van der Waals surface area contributed by atoms with Crippen molar-refractivity contribution in [3.05, 3.63) is 33.3 Å². The highest BCUT2D eigenvalue weighted by Crippen LogP contribution is 2.25. The highest BCUT2D eigenvalue weighted by Gasteiger charge is 2.12. The first-order valence-electron chi connectivity index (χ1n) is 4.95. The Morgan fingerprint density at radius 1 is 1.62 bits per heavy atom. The summed E-state index contributed by atoms with van der Waals surface area (Å²) in [7, 11) is 0. The van der Waals surface area contributed by atoms with Crippen LogP contribution in [0, 0.1) is 12.3 Å². The Morgan fingerprint density at radius 3 is 2.81 bits per heavy atom. The summed E-state index contributed by atoms with van der Waals surface area (Å²) in [4.78, 5) is 0. The van der Waals surface area contributed by atoms with Gasteiger partial charge in [0.15, 0.2) is 0 Å². The largest absolute Gasteiger partial charge is 0.329 e. The second-order valence-corrected chi connectivity index (χ2v) is 4.78. The molecule has 3 N–H and O–H groups in total. The minimum Gasteiger partial charge on any atom is -0.329 e. The molecule has 2 unspecified atom stereocenters. The van der Waals surface area contributed by atoms with Crippen molar-refractivity contribution in [1.82, 2.24) is 5.32 Å². The Morgan fingerprint density at radius 2 is 2.31 bits per heavy atom. The topological polar surface area (TPSA) is 38.0 Å². The minimum absolute atomic E-state index is 0.0176. The third kappa shape index (κ3) is 3.50. The van der Waals surface area contributed by atoms with Gasteiger partial charge in [0, 0.05) is 17.1 Å². The lowest BCUT2D eigenvalue weighted by atomic mass is 10.1. The fourth-order valence-electron chi connectivity index (χ4n) is 1.38. The fraction of sp³-hybridized carbons (Fsp3) is 0.333. The van der Waals surface area contributed by atoms with Gasteiger partial charge in [0.05, 0.1) is 11.1 Å². The number of hydrogen-bond acceptors (Lipinski definition) is 2. The van der Waals surface area contributed by atoms with Crippen LogP contribution in [-0.2, 0) is 0 Å². The Kier molecular flexibility index (Phi) is 5.30. The lowest BCUT2D eigenvalue weighted by molar-refractivity contribution is 0.518. The summed E-state index contributed by atoms with van der Waals surface area (Å²) < 4.78 is 0.874. The number of hydrogen-bond donors (Lipinski definition) is 2. The summed E-state index contributed by atoms with van der Waals surface area (Å²) in [5.74, 6) is 2.62. The summed E-state index contributed by atoms with van der Waals surface area (Å²) in [6, 6.07) is 5.78. The zero-order chi connectivity index (χ0) is 12.1. The van der Waals surface area contributed by atoms with Crippen molar-refractivity contribution in [2.45, 2.75) is 19.0 Å². The molecule has 2 nitrogen and oxygen atoms in total. The molecule has 4 heteroatoms. The lowest BCUT2D eigenvalue weighted by Gasteiger charge is -2.19. The highest BCUT2D eigenvalue weighted by molar-refractivity contribution is 9.10. The first-order chi connectivity index (χ1) is 7.58. The maximum absolute atomic E-state index is 6.03. The molecule has 0 aliphatic heterocycles. The third-order valence-corrected chi connectivity index (χ3v) is 3.52. The zero-order valence-corrected chi connectivity index (χ0v) is 11.3. The molecule has 1 aromatic carbocycles. The van der Waals surface area contributed by atoms with Gasteiger partial charge in [-0.15, -0.1) is 6.42 Å². The van der Waals surface area contributed by atoms with E-state index in [-0.39, 0.29) is 12.1 Å². The Hall–Kier alpha value is -0.530. The maximum Gasteiger partial charge on any atom is 0.0663 e. The van der Waals surface area contributed by atoms with E-state index in [1.54, 1.807) is 0 Å². The number of terminal acetylenes is 1. The quantitative estimate of drug-likeness (QED) is 0.839. The third-order valence-electron chi connectivity index (χ3n) is 2.28. The summed E-state index contributed by atoms with van der Waals surface area (Å²) in [6.45, 7) is 2.40. The van der Waals surface area contributed by atoms with Gasteiger partial charge in [-0.3, -0.25) is 5.32 Å². The fourth-order valence-corrected chi connectivity index (χ4v) is 1.81. The van der Waals surface area contributed by atoms with Gasteiger partial charge in [0.25, 0.3) is 0 Å². The molecule has 16 heavy (non-hydrogen) atoms. The monoisotopic (exact) mass is 300 g/mol. The van der Waals surface area contributed by atoms with Crippen molar-refractivity contribution >= 4 is 27.5 Å². The standard InChI is InChI=1S/C12H14BrClN2/c1-3-8(2)16-12(7-15)9-4-5-10(13)11(14)6-9/h1,4-6,8,12,16H,7,15H2,2H3.